The quantitative estimate of drug-likeness (QED) is 0.679. The van der Waals surface area contributed by atoms with Gasteiger partial charge in [-0.25, -0.2) is 9.37 Å². The fourth-order valence-electron chi connectivity index (χ4n) is 3.89. The molecule has 1 saturated carbocycles. The second kappa shape index (κ2) is 9.94. The van der Waals surface area contributed by atoms with Gasteiger partial charge in [0.1, 0.15) is 17.5 Å². The molecule has 0 spiro atoms. The number of carbonyl (C=O) groups excluding carboxylic acids is 1. The van der Waals surface area contributed by atoms with Gasteiger partial charge in [-0.2, -0.15) is 0 Å². The van der Waals surface area contributed by atoms with E-state index in [4.69, 9.17) is 11.6 Å². The van der Waals surface area contributed by atoms with Crippen molar-refractivity contribution in [3.05, 3.63) is 52.8 Å². The maximum absolute atomic E-state index is 13.2. The number of anilines is 2. The third kappa shape index (κ3) is 5.62. The number of carbonyl (C=O) groups is 1. The van der Waals surface area contributed by atoms with Crippen molar-refractivity contribution in [3.8, 4) is 0 Å². The number of aromatic nitrogens is 1. The molecular weight excluding hydrogens is 426 g/mol. The van der Waals surface area contributed by atoms with Crippen LogP contribution in [0.1, 0.15) is 36.0 Å². The van der Waals surface area contributed by atoms with Gasteiger partial charge in [-0.05, 0) is 61.9 Å². The van der Waals surface area contributed by atoms with Crippen LogP contribution >= 0.6 is 24.0 Å². The molecule has 1 N–H and O–H groups in total. The van der Waals surface area contributed by atoms with E-state index in [1.54, 1.807) is 6.07 Å². The number of hydrogen-bond acceptors (Lipinski definition) is 4. The van der Waals surface area contributed by atoms with Crippen LogP contribution in [0.15, 0.2) is 36.4 Å². The van der Waals surface area contributed by atoms with E-state index in [0.29, 0.717) is 11.9 Å². The number of likely N-dealkylation sites (tertiary alicyclic amines) is 1. The molecule has 1 saturated heterocycles. The maximum atomic E-state index is 13.2. The summed E-state index contributed by atoms with van der Waals surface area (Å²) in [5.41, 5.74) is 0.219. The number of piperidine rings is 1. The van der Waals surface area contributed by atoms with E-state index in [0.717, 1.165) is 43.7 Å². The smallest absolute Gasteiger partial charge is 0.258 e. The zero-order valence-corrected chi connectivity index (χ0v) is 18.6. The Labute approximate surface area is 188 Å². The minimum absolute atomic E-state index is 0. The Morgan fingerprint density at radius 2 is 1.97 bits per heavy atom. The van der Waals surface area contributed by atoms with E-state index >= 15 is 0 Å². The van der Waals surface area contributed by atoms with Gasteiger partial charge in [0, 0.05) is 32.7 Å². The highest BCUT2D eigenvalue weighted by Gasteiger charge is 2.28. The zero-order chi connectivity index (χ0) is 20.4. The normalized spacial score (nSPS) is 17.3. The number of amides is 1. The number of rotatable bonds is 6. The summed E-state index contributed by atoms with van der Waals surface area (Å²) in [6.45, 7) is 3.51. The first-order valence-electron chi connectivity index (χ1n) is 10.2. The van der Waals surface area contributed by atoms with Gasteiger partial charge < -0.3 is 15.1 Å². The van der Waals surface area contributed by atoms with E-state index in [1.807, 2.05) is 12.1 Å². The number of hydrogen-bond donors (Lipinski definition) is 1. The Morgan fingerprint density at radius 3 is 2.63 bits per heavy atom. The van der Waals surface area contributed by atoms with E-state index in [2.05, 4.69) is 27.1 Å². The third-order valence-corrected chi connectivity index (χ3v) is 6.14. The predicted octanol–water partition coefficient (Wildman–Crippen LogP) is 4.86. The van der Waals surface area contributed by atoms with Crippen molar-refractivity contribution in [2.45, 2.75) is 31.7 Å². The summed E-state index contributed by atoms with van der Waals surface area (Å²) in [5, 5.41) is 2.84. The van der Waals surface area contributed by atoms with Crippen molar-refractivity contribution in [3.63, 3.8) is 0 Å². The molecule has 8 heteroatoms. The highest BCUT2D eigenvalue weighted by Crippen LogP contribution is 2.31. The molecule has 162 valence electrons. The average molecular weight is 453 g/mol. The lowest BCUT2D eigenvalue weighted by atomic mass is 10.0. The standard InChI is InChI=1S/C22H26ClFN4O.ClH/c1-27(17-9-11-28(12-10-17)14-15-5-6-15)21-4-2-3-20(25-21)26-22(29)18-8-7-16(24)13-19(18)23;/h2-4,7-8,13,15,17H,5-6,9-12,14H2,1H3,(H,25,26,29);1H. The van der Waals surface area contributed by atoms with Gasteiger partial charge in [-0.1, -0.05) is 17.7 Å². The van der Waals surface area contributed by atoms with E-state index < -0.39 is 11.7 Å². The number of nitrogens with zero attached hydrogens (tertiary/aromatic N) is 3. The average Bonchev–Trinajstić information content (AvgIpc) is 3.52. The molecule has 0 atom stereocenters. The molecule has 0 radical (unpaired) electrons. The molecule has 0 bridgehead atoms. The molecule has 4 rings (SSSR count). The lowest BCUT2D eigenvalue weighted by molar-refractivity contribution is 0.102. The van der Waals surface area contributed by atoms with Crippen molar-refractivity contribution >= 4 is 41.6 Å². The van der Waals surface area contributed by atoms with Crippen LogP contribution in [0.2, 0.25) is 5.02 Å². The molecular formula is C22H27Cl2FN4O. The van der Waals surface area contributed by atoms with Crippen molar-refractivity contribution in [1.82, 2.24) is 9.88 Å². The lowest BCUT2D eigenvalue weighted by Crippen LogP contribution is -2.44. The Hall–Kier alpha value is -1.89. The van der Waals surface area contributed by atoms with E-state index in [9.17, 15) is 9.18 Å². The molecule has 1 amide bonds. The Morgan fingerprint density at radius 1 is 1.23 bits per heavy atom. The first-order valence-corrected chi connectivity index (χ1v) is 10.6. The van der Waals surface area contributed by atoms with Crippen LogP contribution in [0.4, 0.5) is 16.0 Å². The summed E-state index contributed by atoms with van der Waals surface area (Å²) in [5.74, 6) is 1.33. The van der Waals surface area contributed by atoms with Crippen molar-refractivity contribution in [1.29, 1.82) is 0 Å². The first-order chi connectivity index (χ1) is 14.0. The molecule has 0 unspecified atom stereocenters. The molecule has 1 aromatic carbocycles. The zero-order valence-electron chi connectivity index (χ0n) is 17.0. The molecule has 5 nitrogen and oxygen atoms in total. The van der Waals surface area contributed by atoms with E-state index in [1.165, 1.54) is 31.5 Å². The molecule has 2 fully saturated rings. The third-order valence-electron chi connectivity index (χ3n) is 5.83. The van der Waals surface area contributed by atoms with Gasteiger partial charge in [0.15, 0.2) is 0 Å². The maximum Gasteiger partial charge on any atom is 0.258 e. The Balaban J connectivity index is 0.00000256. The van der Waals surface area contributed by atoms with Crippen LogP contribution in [-0.4, -0.2) is 48.5 Å². The van der Waals surface area contributed by atoms with Crippen LogP contribution in [0.25, 0.3) is 0 Å². The summed E-state index contributed by atoms with van der Waals surface area (Å²) in [4.78, 5) is 21.9. The van der Waals surface area contributed by atoms with Crippen LogP contribution in [0.3, 0.4) is 0 Å². The van der Waals surface area contributed by atoms with Gasteiger partial charge in [-0.3, -0.25) is 4.79 Å². The molecule has 1 aromatic heterocycles. The van der Waals surface area contributed by atoms with Gasteiger partial charge in [-0.15, -0.1) is 12.4 Å². The molecule has 1 aliphatic carbocycles. The van der Waals surface area contributed by atoms with Gasteiger partial charge in [0.25, 0.3) is 5.91 Å². The van der Waals surface area contributed by atoms with Gasteiger partial charge in [0.2, 0.25) is 0 Å². The minimum atomic E-state index is -0.475. The van der Waals surface area contributed by atoms with Crippen LogP contribution in [0.5, 0.6) is 0 Å². The molecule has 2 heterocycles. The minimum Gasteiger partial charge on any atom is -0.357 e. The first kappa shape index (κ1) is 22.8. The Kier molecular flexibility index (Phi) is 7.55. The topological polar surface area (TPSA) is 48.5 Å². The molecule has 30 heavy (non-hydrogen) atoms. The summed E-state index contributed by atoms with van der Waals surface area (Å²) >= 11 is 5.99. The summed E-state index contributed by atoms with van der Waals surface area (Å²) < 4.78 is 13.2. The monoisotopic (exact) mass is 452 g/mol. The fourth-order valence-corrected chi connectivity index (χ4v) is 4.14. The second-order valence-corrected chi connectivity index (χ2v) is 8.45. The highest BCUT2D eigenvalue weighted by atomic mass is 35.5. The van der Waals surface area contributed by atoms with Crippen molar-refractivity contribution in [2.75, 3.05) is 36.9 Å². The predicted molar refractivity (Wildman–Crippen MR) is 121 cm³/mol. The summed E-state index contributed by atoms with van der Waals surface area (Å²) in [6.07, 6.45) is 5.02. The van der Waals surface area contributed by atoms with Crippen LogP contribution in [0, 0.1) is 11.7 Å². The fraction of sp³-hybridized carbons (Fsp3) is 0.455. The van der Waals surface area contributed by atoms with Gasteiger partial charge in [0.05, 0.1) is 10.6 Å². The SMILES string of the molecule is CN(c1cccc(NC(=O)c2ccc(F)cc2Cl)n1)C1CCN(CC2CC2)CC1.Cl. The summed E-state index contributed by atoms with van der Waals surface area (Å²) in [6, 6.07) is 9.73. The summed E-state index contributed by atoms with van der Waals surface area (Å²) in [7, 11) is 2.06. The van der Waals surface area contributed by atoms with Crippen LogP contribution in [-0.2, 0) is 0 Å². The number of halogens is 3. The molecule has 2 aromatic rings. The van der Waals surface area contributed by atoms with Gasteiger partial charge >= 0.3 is 0 Å². The Bertz CT molecular complexity index is 885. The number of pyridine rings is 1. The molecule has 2 aliphatic rings. The second-order valence-electron chi connectivity index (χ2n) is 8.05. The largest absolute Gasteiger partial charge is 0.357 e. The van der Waals surface area contributed by atoms with Crippen molar-refractivity contribution < 1.29 is 9.18 Å². The van der Waals surface area contributed by atoms with E-state index in [-0.39, 0.29) is 23.0 Å². The van der Waals surface area contributed by atoms with Crippen LogP contribution < -0.4 is 10.2 Å². The lowest BCUT2D eigenvalue weighted by Gasteiger charge is -2.37. The number of benzene rings is 1. The highest BCUT2D eigenvalue weighted by molar-refractivity contribution is 6.34. The molecule has 1 aliphatic heterocycles. The number of nitrogens with one attached hydrogen (secondary N) is 1. The van der Waals surface area contributed by atoms with Crippen molar-refractivity contribution in [2.24, 2.45) is 5.92 Å².